The van der Waals surface area contributed by atoms with E-state index in [1.54, 1.807) is 18.3 Å². The van der Waals surface area contributed by atoms with Gasteiger partial charge in [-0.05, 0) is 84.8 Å². The van der Waals surface area contributed by atoms with Crippen molar-refractivity contribution < 1.29 is 19.1 Å². The number of hydrogen-bond donors (Lipinski definition) is 0. The summed E-state index contributed by atoms with van der Waals surface area (Å²) in [6.45, 7) is 2.65. The largest absolute Gasteiger partial charge is 0.490 e. The van der Waals surface area contributed by atoms with Crippen molar-refractivity contribution in [2.75, 3.05) is 6.61 Å². The second kappa shape index (κ2) is 11.5. The van der Waals surface area contributed by atoms with E-state index in [-0.39, 0.29) is 12.3 Å². The third kappa shape index (κ3) is 6.68. The quantitative estimate of drug-likeness (QED) is 0.141. The van der Waals surface area contributed by atoms with E-state index in [4.69, 9.17) is 14.2 Å². The maximum atomic E-state index is 10.8. The Morgan fingerprint density at radius 2 is 1.54 bits per heavy atom. The molecule has 0 heterocycles. The Morgan fingerprint density at radius 1 is 0.829 bits per heavy atom. The smallest absolute Gasteiger partial charge is 0.269 e. The second-order valence-electron chi connectivity index (χ2n) is 7.52. The van der Waals surface area contributed by atoms with Gasteiger partial charge in [-0.3, -0.25) is 15.1 Å². The molecule has 4 aromatic carbocycles. The Labute approximate surface area is 203 Å². The number of para-hydroxylation sites is 1. The van der Waals surface area contributed by atoms with E-state index in [9.17, 15) is 10.1 Å². The molecule has 0 fully saturated rings. The molecule has 4 aromatic rings. The summed E-state index contributed by atoms with van der Waals surface area (Å²) in [5.74, 6) is 2.71. The summed E-state index contributed by atoms with van der Waals surface area (Å²) in [6, 6.07) is 29.0. The molecule has 7 heteroatoms. The van der Waals surface area contributed by atoms with Crippen LogP contribution in [0.15, 0.2) is 102 Å². The van der Waals surface area contributed by atoms with Crippen molar-refractivity contribution in [3.8, 4) is 23.0 Å². The number of hydrogen-bond acceptors (Lipinski definition) is 6. The molecule has 0 atom stereocenters. The summed E-state index contributed by atoms with van der Waals surface area (Å²) in [4.78, 5) is 14.9. The lowest BCUT2D eigenvalue weighted by Crippen LogP contribution is -2.00. The van der Waals surface area contributed by atoms with Crippen molar-refractivity contribution >= 4 is 17.6 Å². The highest BCUT2D eigenvalue weighted by Crippen LogP contribution is 2.30. The maximum Gasteiger partial charge on any atom is 0.269 e. The van der Waals surface area contributed by atoms with Crippen LogP contribution in [-0.4, -0.2) is 17.7 Å². The fraction of sp³-hybridized carbons (Fsp3) is 0.107. The van der Waals surface area contributed by atoms with E-state index in [2.05, 4.69) is 4.99 Å². The van der Waals surface area contributed by atoms with E-state index in [1.807, 2.05) is 79.7 Å². The summed E-state index contributed by atoms with van der Waals surface area (Å²) in [7, 11) is 0. The number of nitrogens with zero attached hydrogens (tertiary/aromatic N) is 2. The van der Waals surface area contributed by atoms with Gasteiger partial charge in [0.1, 0.15) is 18.1 Å². The van der Waals surface area contributed by atoms with Crippen LogP contribution < -0.4 is 14.2 Å². The zero-order valence-electron chi connectivity index (χ0n) is 19.2. The van der Waals surface area contributed by atoms with Gasteiger partial charge in [0.25, 0.3) is 5.69 Å². The molecule has 7 nitrogen and oxygen atoms in total. The molecule has 35 heavy (non-hydrogen) atoms. The Balaban J connectivity index is 1.40. The Bertz CT molecular complexity index is 1290. The zero-order chi connectivity index (χ0) is 24.5. The van der Waals surface area contributed by atoms with Crippen molar-refractivity contribution in [2.24, 2.45) is 4.99 Å². The van der Waals surface area contributed by atoms with Crippen molar-refractivity contribution in [2.45, 2.75) is 13.5 Å². The molecule has 0 N–H and O–H groups in total. The van der Waals surface area contributed by atoms with Crippen molar-refractivity contribution in [1.29, 1.82) is 0 Å². The van der Waals surface area contributed by atoms with Crippen LogP contribution in [0.1, 0.15) is 18.1 Å². The van der Waals surface area contributed by atoms with E-state index < -0.39 is 4.92 Å². The van der Waals surface area contributed by atoms with E-state index >= 15 is 0 Å². The number of ether oxygens (including phenoxy) is 3. The lowest BCUT2D eigenvalue weighted by Gasteiger charge is -2.12. The summed E-state index contributed by atoms with van der Waals surface area (Å²) in [6.07, 6.45) is 1.76. The van der Waals surface area contributed by atoms with Crippen LogP contribution >= 0.6 is 0 Å². The Kier molecular flexibility index (Phi) is 7.70. The molecule has 0 aliphatic rings. The summed E-state index contributed by atoms with van der Waals surface area (Å²) >= 11 is 0. The molecule has 4 rings (SSSR count). The number of nitro benzene ring substituents is 1. The molecule has 0 amide bonds. The van der Waals surface area contributed by atoms with Gasteiger partial charge in [0.15, 0.2) is 11.5 Å². The van der Waals surface area contributed by atoms with Crippen LogP contribution in [0.25, 0.3) is 0 Å². The lowest BCUT2D eigenvalue weighted by molar-refractivity contribution is -0.384. The number of rotatable bonds is 10. The first-order valence-electron chi connectivity index (χ1n) is 11.1. The molecular formula is C28H24N2O5. The van der Waals surface area contributed by atoms with Gasteiger partial charge in [0.05, 0.1) is 17.2 Å². The normalized spacial score (nSPS) is 10.8. The van der Waals surface area contributed by atoms with Crippen molar-refractivity contribution in [1.82, 2.24) is 0 Å². The monoisotopic (exact) mass is 468 g/mol. The Hall–Kier alpha value is -4.65. The first-order valence-corrected chi connectivity index (χ1v) is 11.1. The highest BCUT2D eigenvalue weighted by molar-refractivity contribution is 5.83. The van der Waals surface area contributed by atoms with Gasteiger partial charge < -0.3 is 14.2 Å². The minimum atomic E-state index is -0.426. The van der Waals surface area contributed by atoms with Crippen molar-refractivity contribution in [3.63, 3.8) is 0 Å². The van der Waals surface area contributed by atoms with Gasteiger partial charge in [-0.15, -0.1) is 0 Å². The topological polar surface area (TPSA) is 83.2 Å². The van der Waals surface area contributed by atoms with Gasteiger partial charge >= 0.3 is 0 Å². The third-order valence-corrected chi connectivity index (χ3v) is 4.99. The standard InChI is InChI=1S/C28H24N2O5/c1-2-33-28-18-22(10-17-27(28)34-20-21-8-13-24(14-9-21)30(31)32)19-29-23-11-15-26(16-12-23)35-25-6-4-3-5-7-25/h3-19H,2,20H2,1H3. The van der Waals surface area contributed by atoms with E-state index in [0.29, 0.717) is 18.1 Å². The minimum Gasteiger partial charge on any atom is -0.490 e. The molecule has 0 saturated heterocycles. The van der Waals surface area contributed by atoms with Crippen LogP contribution in [0.2, 0.25) is 0 Å². The number of benzene rings is 4. The Morgan fingerprint density at radius 3 is 2.23 bits per heavy atom. The van der Waals surface area contributed by atoms with E-state index in [0.717, 1.165) is 28.3 Å². The molecule has 0 saturated carbocycles. The average Bonchev–Trinajstić information content (AvgIpc) is 2.89. The summed E-state index contributed by atoms with van der Waals surface area (Å²) in [5, 5.41) is 10.8. The third-order valence-electron chi connectivity index (χ3n) is 4.99. The number of nitro groups is 1. The highest BCUT2D eigenvalue weighted by Gasteiger charge is 2.08. The van der Waals surface area contributed by atoms with Crippen LogP contribution in [0.4, 0.5) is 11.4 Å². The lowest BCUT2D eigenvalue weighted by atomic mass is 10.2. The number of non-ortho nitro benzene ring substituents is 1. The summed E-state index contributed by atoms with van der Waals surface area (Å²) in [5.41, 5.74) is 2.52. The second-order valence-corrected chi connectivity index (χ2v) is 7.52. The molecular weight excluding hydrogens is 444 g/mol. The first-order chi connectivity index (χ1) is 17.1. The highest BCUT2D eigenvalue weighted by atomic mass is 16.6. The van der Waals surface area contributed by atoms with Crippen molar-refractivity contribution in [3.05, 3.63) is 118 Å². The fourth-order valence-corrected chi connectivity index (χ4v) is 3.24. The van der Waals surface area contributed by atoms with Gasteiger partial charge in [0, 0.05) is 18.3 Å². The van der Waals surface area contributed by atoms with Gasteiger partial charge in [-0.25, -0.2) is 0 Å². The predicted octanol–water partition coefficient (Wildman–Crippen LogP) is 7.12. The van der Waals surface area contributed by atoms with Crippen LogP contribution in [0.5, 0.6) is 23.0 Å². The molecule has 0 bridgehead atoms. The molecule has 0 aromatic heterocycles. The number of aliphatic imine (C=N–C) groups is 1. The average molecular weight is 469 g/mol. The molecule has 0 aliphatic carbocycles. The maximum absolute atomic E-state index is 10.8. The van der Waals surface area contributed by atoms with Crippen LogP contribution in [0.3, 0.4) is 0 Å². The summed E-state index contributed by atoms with van der Waals surface area (Å²) < 4.78 is 17.5. The SMILES string of the molecule is CCOc1cc(C=Nc2ccc(Oc3ccccc3)cc2)ccc1OCc1ccc([N+](=O)[O-])cc1. The van der Waals surface area contributed by atoms with Crippen LogP contribution in [-0.2, 0) is 6.61 Å². The molecule has 0 radical (unpaired) electrons. The zero-order valence-corrected chi connectivity index (χ0v) is 19.2. The molecule has 0 aliphatic heterocycles. The minimum absolute atomic E-state index is 0.0470. The van der Waals surface area contributed by atoms with Gasteiger partial charge in [-0.1, -0.05) is 18.2 Å². The van der Waals surface area contributed by atoms with E-state index in [1.165, 1.54) is 12.1 Å². The molecule has 0 unspecified atom stereocenters. The molecule has 176 valence electrons. The van der Waals surface area contributed by atoms with Crippen LogP contribution in [0, 0.1) is 10.1 Å². The van der Waals surface area contributed by atoms with Gasteiger partial charge in [-0.2, -0.15) is 0 Å². The first kappa shape index (κ1) is 23.5. The van der Waals surface area contributed by atoms with Gasteiger partial charge in [0.2, 0.25) is 0 Å². The predicted molar refractivity (Wildman–Crippen MR) is 135 cm³/mol. The fourth-order valence-electron chi connectivity index (χ4n) is 3.24. The molecule has 0 spiro atoms.